The third kappa shape index (κ3) is 3.76. The van der Waals surface area contributed by atoms with Crippen molar-refractivity contribution in [3.05, 3.63) is 69.0 Å². The van der Waals surface area contributed by atoms with Gasteiger partial charge in [0, 0.05) is 24.5 Å². The van der Waals surface area contributed by atoms with E-state index < -0.39 is 4.92 Å². The first-order valence-corrected chi connectivity index (χ1v) is 9.07. The summed E-state index contributed by atoms with van der Waals surface area (Å²) in [5.74, 6) is 0.644. The van der Waals surface area contributed by atoms with Gasteiger partial charge in [0.1, 0.15) is 0 Å². The zero-order valence-electron chi connectivity index (χ0n) is 14.1. The number of hydrogen-bond acceptors (Lipinski definition) is 6. The Balaban J connectivity index is 2.09. The highest BCUT2D eigenvalue weighted by Gasteiger charge is 2.14. The summed E-state index contributed by atoms with van der Waals surface area (Å²) in [6.45, 7) is 3.09. The van der Waals surface area contributed by atoms with Crippen molar-refractivity contribution >= 4 is 28.4 Å². The smallest absolute Gasteiger partial charge is 0.269 e. The highest BCUT2D eigenvalue weighted by atomic mass is 32.2. The third-order valence-corrected chi connectivity index (χ3v) is 4.63. The molecule has 1 heterocycles. The van der Waals surface area contributed by atoms with Crippen LogP contribution in [0.15, 0.2) is 58.5 Å². The molecular weight excluding hydrogens is 354 g/mol. The van der Waals surface area contributed by atoms with Crippen LogP contribution in [-0.4, -0.2) is 33.4 Å². The molecule has 0 aliphatic heterocycles. The van der Waals surface area contributed by atoms with Crippen LogP contribution in [-0.2, 0) is 4.74 Å². The van der Waals surface area contributed by atoms with Gasteiger partial charge in [-0.25, -0.2) is 4.98 Å². The molecule has 0 saturated carbocycles. The molecule has 0 amide bonds. The Morgan fingerprint density at radius 1 is 1.19 bits per heavy atom. The molecule has 0 saturated heterocycles. The molecule has 2 aromatic carbocycles. The Morgan fingerprint density at radius 2 is 1.92 bits per heavy atom. The molecule has 26 heavy (non-hydrogen) atoms. The number of hydrogen-bond donors (Lipinski definition) is 0. The van der Waals surface area contributed by atoms with Crippen LogP contribution in [0.4, 0.5) is 5.69 Å². The van der Waals surface area contributed by atoms with Gasteiger partial charge in [-0.2, -0.15) is 0 Å². The Kier molecular flexibility index (Phi) is 5.65. The molecule has 7 nitrogen and oxygen atoms in total. The van der Waals surface area contributed by atoms with Crippen molar-refractivity contribution in [3.63, 3.8) is 0 Å². The monoisotopic (exact) mass is 371 g/mol. The predicted octanol–water partition coefficient (Wildman–Crippen LogP) is 3.42. The van der Waals surface area contributed by atoms with Gasteiger partial charge in [0.25, 0.3) is 11.2 Å². The van der Waals surface area contributed by atoms with E-state index in [1.165, 1.54) is 28.5 Å². The van der Waals surface area contributed by atoms with Gasteiger partial charge in [-0.15, -0.1) is 0 Å². The summed E-state index contributed by atoms with van der Waals surface area (Å²) < 4.78 is 6.84. The van der Waals surface area contributed by atoms with E-state index in [9.17, 15) is 14.9 Å². The molecule has 0 aliphatic rings. The zero-order valence-corrected chi connectivity index (χ0v) is 14.9. The van der Waals surface area contributed by atoms with Crippen molar-refractivity contribution in [1.29, 1.82) is 0 Å². The number of aromatic nitrogens is 2. The van der Waals surface area contributed by atoms with E-state index in [0.717, 1.165) is 0 Å². The van der Waals surface area contributed by atoms with Crippen molar-refractivity contribution < 1.29 is 9.66 Å². The fraction of sp³-hybridized carbons (Fsp3) is 0.222. The average molecular weight is 371 g/mol. The highest BCUT2D eigenvalue weighted by Crippen LogP contribution is 2.22. The molecule has 1 aromatic heterocycles. The summed E-state index contributed by atoms with van der Waals surface area (Å²) in [6, 6.07) is 13.0. The van der Waals surface area contributed by atoms with Gasteiger partial charge in [-0.3, -0.25) is 19.5 Å². The third-order valence-electron chi connectivity index (χ3n) is 3.73. The molecule has 0 spiro atoms. The molecule has 0 radical (unpaired) electrons. The van der Waals surface area contributed by atoms with Gasteiger partial charge in [0.15, 0.2) is 5.16 Å². The summed E-state index contributed by atoms with van der Waals surface area (Å²) in [4.78, 5) is 28.0. The summed E-state index contributed by atoms with van der Waals surface area (Å²) in [6.07, 6.45) is 0. The van der Waals surface area contributed by atoms with Crippen LogP contribution < -0.4 is 5.56 Å². The second kappa shape index (κ2) is 8.11. The number of nitro groups is 1. The summed E-state index contributed by atoms with van der Waals surface area (Å²) in [5, 5.41) is 11.9. The molecule has 8 heteroatoms. The first kappa shape index (κ1) is 18.1. The molecule has 0 aliphatic carbocycles. The number of para-hydroxylation sites is 1. The molecule has 0 fully saturated rings. The second-order valence-electron chi connectivity index (χ2n) is 5.37. The van der Waals surface area contributed by atoms with Crippen molar-refractivity contribution in [2.24, 2.45) is 0 Å². The highest BCUT2D eigenvalue weighted by molar-refractivity contribution is 7.99. The number of fused-ring (bicyclic) bond motifs is 1. The Hall–Kier alpha value is -2.71. The average Bonchev–Trinajstić information content (AvgIpc) is 2.65. The fourth-order valence-electron chi connectivity index (χ4n) is 2.50. The van der Waals surface area contributed by atoms with Crippen LogP contribution in [0.5, 0.6) is 0 Å². The van der Waals surface area contributed by atoms with Gasteiger partial charge >= 0.3 is 0 Å². The van der Waals surface area contributed by atoms with E-state index in [1.807, 2.05) is 13.0 Å². The molecule has 0 atom stereocenters. The van der Waals surface area contributed by atoms with E-state index in [0.29, 0.717) is 40.7 Å². The standard InChI is InChI=1S/C18H17N3O4S/c1-2-25-11-12-26-18-19-16-6-4-3-5-15(16)17(22)20(18)13-7-9-14(10-8-13)21(23)24/h3-10H,2,11-12H2,1H3. The zero-order chi connectivity index (χ0) is 18.5. The molecule has 134 valence electrons. The van der Waals surface area contributed by atoms with Crippen LogP contribution in [0.3, 0.4) is 0 Å². The van der Waals surface area contributed by atoms with E-state index in [-0.39, 0.29) is 11.2 Å². The van der Waals surface area contributed by atoms with Crippen molar-refractivity contribution in [1.82, 2.24) is 9.55 Å². The molecule has 0 unspecified atom stereocenters. The minimum Gasteiger partial charge on any atom is -0.381 e. The lowest BCUT2D eigenvalue weighted by Crippen LogP contribution is -2.22. The van der Waals surface area contributed by atoms with E-state index in [2.05, 4.69) is 4.98 Å². The maximum absolute atomic E-state index is 13.0. The van der Waals surface area contributed by atoms with Crippen molar-refractivity contribution in [2.45, 2.75) is 12.1 Å². The number of nitrogens with zero attached hydrogens (tertiary/aromatic N) is 3. The number of benzene rings is 2. The van der Waals surface area contributed by atoms with Crippen LogP contribution in [0, 0.1) is 10.1 Å². The summed E-state index contributed by atoms with van der Waals surface area (Å²) >= 11 is 1.41. The minimum absolute atomic E-state index is 0.0268. The Labute approximate surface area is 153 Å². The van der Waals surface area contributed by atoms with Gasteiger partial charge in [-0.05, 0) is 31.2 Å². The normalized spacial score (nSPS) is 11.0. The summed E-state index contributed by atoms with van der Waals surface area (Å²) in [7, 11) is 0. The molecule has 3 rings (SSSR count). The maximum Gasteiger partial charge on any atom is 0.269 e. The SMILES string of the molecule is CCOCCSc1nc2ccccc2c(=O)n1-c1ccc([N+](=O)[O-])cc1. The Morgan fingerprint density at radius 3 is 2.62 bits per heavy atom. The number of nitro benzene ring substituents is 1. The molecular formula is C18H17N3O4S. The number of non-ortho nitro benzene ring substituents is 1. The lowest BCUT2D eigenvalue weighted by atomic mass is 10.2. The van der Waals surface area contributed by atoms with Crippen molar-refractivity contribution in [2.75, 3.05) is 19.0 Å². The lowest BCUT2D eigenvalue weighted by Gasteiger charge is -2.13. The quantitative estimate of drug-likeness (QED) is 0.208. The second-order valence-corrected chi connectivity index (χ2v) is 6.43. The summed E-state index contributed by atoms with van der Waals surface area (Å²) in [5.41, 5.74) is 0.928. The fourth-order valence-corrected chi connectivity index (χ4v) is 3.36. The lowest BCUT2D eigenvalue weighted by molar-refractivity contribution is -0.384. The number of rotatable bonds is 7. The van der Waals surface area contributed by atoms with Crippen LogP contribution >= 0.6 is 11.8 Å². The maximum atomic E-state index is 13.0. The van der Waals surface area contributed by atoms with Crippen LogP contribution in [0.2, 0.25) is 0 Å². The first-order chi connectivity index (χ1) is 12.6. The van der Waals surface area contributed by atoms with Crippen LogP contribution in [0.1, 0.15) is 6.92 Å². The topological polar surface area (TPSA) is 87.3 Å². The molecule has 0 N–H and O–H groups in total. The van der Waals surface area contributed by atoms with E-state index in [1.54, 1.807) is 30.3 Å². The van der Waals surface area contributed by atoms with E-state index in [4.69, 9.17) is 4.74 Å². The minimum atomic E-state index is -0.469. The predicted molar refractivity (Wildman–Crippen MR) is 101 cm³/mol. The van der Waals surface area contributed by atoms with E-state index >= 15 is 0 Å². The number of thioether (sulfide) groups is 1. The van der Waals surface area contributed by atoms with Gasteiger partial charge in [-0.1, -0.05) is 23.9 Å². The largest absolute Gasteiger partial charge is 0.381 e. The van der Waals surface area contributed by atoms with Gasteiger partial charge in [0.2, 0.25) is 0 Å². The molecule has 0 bridgehead atoms. The Bertz CT molecular complexity index is 986. The van der Waals surface area contributed by atoms with Crippen molar-refractivity contribution in [3.8, 4) is 5.69 Å². The van der Waals surface area contributed by atoms with Gasteiger partial charge < -0.3 is 4.74 Å². The molecule has 3 aromatic rings. The van der Waals surface area contributed by atoms with Gasteiger partial charge in [0.05, 0.1) is 28.1 Å². The number of ether oxygens (including phenoxy) is 1. The van der Waals surface area contributed by atoms with Crippen LogP contribution in [0.25, 0.3) is 16.6 Å². The first-order valence-electron chi connectivity index (χ1n) is 8.09.